The molecule has 6 nitrogen and oxygen atoms in total. The first-order valence-corrected chi connectivity index (χ1v) is 11.8. The van der Waals surface area contributed by atoms with E-state index < -0.39 is 0 Å². The van der Waals surface area contributed by atoms with Gasteiger partial charge < -0.3 is 4.90 Å². The average Bonchev–Trinajstić information content (AvgIpc) is 2.91. The maximum Gasteiger partial charge on any atom is 0.335 e. The number of anilines is 1. The van der Waals surface area contributed by atoms with E-state index in [0.29, 0.717) is 23.9 Å². The van der Waals surface area contributed by atoms with Gasteiger partial charge in [0.05, 0.1) is 5.69 Å². The van der Waals surface area contributed by atoms with Crippen LogP contribution in [0.15, 0.2) is 57.8 Å². The molecule has 0 radical (unpaired) electrons. The van der Waals surface area contributed by atoms with E-state index in [1.807, 2.05) is 23.6 Å². The van der Waals surface area contributed by atoms with Crippen molar-refractivity contribution in [3.63, 3.8) is 0 Å². The molecule has 3 heterocycles. The van der Waals surface area contributed by atoms with E-state index in [-0.39, 0.29) is 5.69 Å². The summed E-state index contributed by atoms with van der Waals surface area (Å²) in [6.07, 6.45) is 0.870. The molecule has 1 aliphatic heterocycles. The Balaban J connectivity index is 1.72. The fourth-order valence-electron chi connectivity index (χ4n) is 4.43. The minimum absolute atomic E-state index is 0.0688. The van der Waals surface area contributed by atoms with Crippen molar-refractivity contribution in [2.75, 3.05) is 11.4 Å². The molecular weight excluding hydrogens is 466 g/mol. The summed E-state index contributed by atoms with van der Waals surface area (Å²) in [4.78, 5) is 25.4. The lowest BCUT2D eigenvalue weighted by molar-refractivity contribution is 0.628. The van der Waals surface area contributed by atoms with Crippen LogP contribution in [0.3, 0.4) is 0 Å². The fourth-order valence-corrected chi connectivity index (χ4v) is 5.01. The average molecular weight is 492 g/mol. The molecule has 7 heteroatoms. The van der Waals surface area contributed by atoms with Gasteiger partial charge in [0.2, 0.25) is 0 Å². The normalized spacial score (nSPS) is 13.7. The van der Waals surface area contributed by atoms with E-state index in [1.54, 1.807) is 4.57 Å². The number of imidazole rings is 1. The lowest BCUT2D eigenvalue weighted by atomic mass is 10.0. The Labute approximate surface area is 195 Å². The number of nitrogens with zero attached hydrogens (tertiary/aromatic N) is 5. The van der Waals surface area contributed by atoms with Crippen LogP contribution in [-0.2, 0) is 13.1 Å². The third kappa shape index (κ3) is 3.54. The number of hydrogen-bond acceptors (Lipinski definition) is 4. The summed E-state index contributed by atoms with van der Waals surface area (Å²) < 4.78 is 4.46. The first-order valence-electron chi connectivity index (χ1n) is 11.0. The third-order valence-corrected chi connectivity index (χ3v) is 6.70. The van der Waals surface area contributed by atoms with Gasteiger partial charge >= 0.3 is 5.69 Å². The van der Waals surface area contributed by atoms with E-state index in [4.69, 9.17) is 9.97 Å². The zero-order valence-electron chi connectivity index (χ0n) is 18.5. The zero-order chi connectivity index (χ0) is 22.4. The Bertz CT molecular complexity index is 1360. The molecule has 0 fully saturated rings. The topological polar surface area (TPSA) is 56.0 Å². The van der Waals surface area contributed by atoms with Crippen LogP contribution in [0, 0.1) is 6.92 Å². The molecule has 2 aromatic heterocycles. The quantitative estimate of drug-likeness (QED) is 0.394. The molecule has 4 aromatic rings. The van der Waals surface area contributed by atoms with Gasteiger partial charge in [-0.15, -0.1) is 0 Å². The Morgan fingerprint density at radius 3 is 2.56 bits per heavy atom. The molecule has 0 bridgehead atoms. The lowest BCUT2D eigenvalue weighted by Gasteiger charge is -2.23. The molecule has 0 N–H and O–H groups in total. The predicted molar refractivity (Wildman–Crippen MR) is 132 cm³/mol. The number of benzene rings is 2. The summed E-state index contributed by atoms with van der Waals surface area (Å²) in [6.45, 7) is 8.46. The number of aromatic nitrogens is 4. The number of hydrogen-bond donors (Lipinski definition) is 0. The van der Waals surface area contributed by atoms with E-state index in [1.165, 1.54) is 11.1 Å². The maximum absolute atomic E-state index is 13.6. The minimum atomic E-state index is -0.0688. The zero-order valence-corrected chi connectivity index (χ0v) is 20.1. The third-order valence-electron chi connectivity index (χ3n) is 6.07. The van der Waals surface area contributed by atoms with Gasteiger partial charge in [-0.25, -0.2) is 19.3 Å². The van der Waals surface area contributed by atoms with Crippen LogP contribution in [0.1, 0.15) is 43.1 Å². The van der Waals surface area contributed by atoms with Crippen LogP contribution in [0.5, 0.6) is 0 Å². The highest BCUT2D eigenvalue weighted by atomic mass is 79.9. The van der Waals surface area contributed by atoms with Gasteiger partial charge in [-0.05, 0) is 58.5 Å². The molecule has 0 unspecified atom stereocenters. The highest BCUT2D eigenvalue weighted by Crippen LogP contribution is 2.32. The molecule has 0 aliphatic carbocycles. The molecular formula is C25H26BrN5O. The van der Waals surface area contributed by atoms with Crippen molar-refractivity contribution < 1.29 is 0 Å². The smallest absolute Gasteiger partial charge is 0.335 e. The van der Waals surface area contributed by atoms with Gasteiger partial charge in [-0.1, -0.05) is 50.2 Å². The molecule has 0 spiro atoms. The summed E-state index contributed by atoms with van der Waals surface area (Å²) in [7, 11) is 0. The first kappa shape index (κ1) is 20.9. The van der Waals surface area contributed by atoms with Crippen molar-refractivity contribution >= 4 is 32.9 Å². The second-order valence-corrected chi connectivity index (χ2v) is 9.52. The molecule has 0 atom stereocenters. The fraction of sp³-hybridized carbons (Fsp3) is 0.320. The molecule has 32 heavy (non-hydrogen) atoms. The van der Waals surface area contributed by atoms with E-state index >= 15 is 0 Å². The highest BCUT2D eigenvalue weighted by Gasteiger charge is 2.27. The Morgan fingerprint density at radius 2 is 1.84 bits per heavy atom. The van der Waals surface area contributed by atoms with Crippen molar-refractivity contribution in [3.05, 3.63) is 80.4 Å². The summed E-state index contributed by atoms with van der Waals surface area (Å²) >= 11 is 3.70. The van der Waals surface area contributed by atoms with Crippen molar-refractivity contribution in [2.45, 2.75) is 46.2 Å². The Morgan fingerprint density at radius 1 is 1.06 bits per heavy atom. The van der Waals surface area contributed by atoms with Gasteiger partial charge in [0.15, 0.2) is 11.5 Å². The van der Waals surface area contributed by atoms with Crippen LogP contribution in [0.4, 0.5) is 5.82 Å². The molecule has 0 amide bonds. The van der Waals surface area contributed by atoms with E-state index in [9.17, 15) is 4.79 Å². The van der Waals surface area contributed by atoms with Crippen LogP contribution in [0.2, 0.25) is 0 Å². The molecule has 1 aliphatic rings. The number of aryl methyl sites for hydroxylation is 2. The molecule has 5 rings (SSSR count). The standard InChI is InChI=1S/C25H26BrN5O/c1-16(2)19-10-11-21(20(26)14-19)31-24-22-23(27-17(3)28-24)29(12-7-13-30(22)25(31)32)15-18-8-5-4-6-9-18/h4-6,8-11,14,16H,7,12-13,15H2,1-3H3. The Hall–Kier alpha value is -2.93. The van der Waals surface area contributed by atoms with E-state index in [0.717, 1.165) is 41.0 Å². The van der Waals surface area contributed by atoms with Gasteiger partial charge in [-0.2, -0.15) is 0 Å². The van der Waals surface area contributed by atoms with Crippen molar-refractivity contribution in [1.82, 2.24) is 19.1 Å². The number of rotatable bonds is 4. The molecule has 0 saturated heterocycles. The van der Waals surface area contributed by atoms with Crippen LogP contribution in [0.25, 0.3) is 16.9 Å². The van der Waals surface area contributed by atoms with Gasteiger partial charge in [0, 0.05) is 24.1 Å². The van der Waals surface area contributed by atoms with Gasteiger partial charge in [0.1, 0.15) is 11.3 Å². The van der Waals surface area contributed by atoms with Crippen LogP contribution < -0.4 is 10.6 Å². The number of halogens is 1. The van der Waals surface area contributed by atoms with E-state index in [2.05, 4.69) is 71.1 Å². The minimum Gasteiger partial charge on any atom is -0.350 e. The predicted octanol–water partition coefficient (Wildman–Crippen LogP) is 5.19. The van der Waals surface area contributed by atoms with Crippen molar-refractivity contribution in [3.8, 4) is 5.69 Å². The second kappa shape index (κ2) is 8.20. The van der Waals surface area contributed by atoms with Gasteiger partial charge in [0.25, 0.3) is 0 Å². The van der Waals surface area contributed by atoms with Crippen molar-refractivity contribution in [2.24, 2.45) is 0 Å². The van der Waals surface area contributed by atoms with Gasteiger partial charge in [-0.3, -0.25) is 4.57 Å². The highest BCUT2D eigenvalue weighted by molar-refractivity contribution is 9.10. The van der Waals surface area contributed by atoms with Crippen molar-refractivity contribution in [1.29, 1.82) is 0 Å². The lowest BCUT2D eigenvalue weighted by Crippen LogP contribution is -2.26. The second-order valence-electron chi connectivity index (χ2n) is 8.66. The monoisotopic (exact) mass is 491 g/mol. The largest absolute Gasteiger partial charge is 0.350 e. The summed E-state index contributed by atoms with van der Waals surface area (Å²) in [6, 6.07) is 16.6. The SMILES string of the molecule is Cc1nc2c3c(n1)n(-c1ccc(C(C)C)cc1Br)c(=O)n3CCCN2Cc1ccccc1. The summed E-state index contributed by atoms with van der Waals surface area (Å²) in [5.41, 5.74) is 4.66. The molecule has 2 aromatic carbocycles. The Kier molecular flexibility index (Phi) is 5.37. The maximum atomic E-state index is 13.6. The molecule has 164 valence electrons. The van der Waals surface area contributed by atoms with Crippen LogP contribution >= 0.6 is 15.9 Å². The molecule has 0 saturated carbocycles. The van der Waals surface area contributed by atoms with Crippen LogP contribution in [-0.4, -0.2) is 25.6 Å². The first-order chi connectivity index (χ1) is 15.4. The summed E-state index contributed by atoms with van der Waals surface area (Å²) in [5.74, 6) is 1.90. The summed E-state index contributed by atoms with van der Waals surface area (Å²) in [5, 5.41) is 0.